The summed E-state index contributed by atoms with van der Waals surface area (Å²) in [5, 5.41) is 2.23. The predicted molar refractivity (Wildman–Crippen MR) is 57.4 cm³/mol. The van der Waals surface area contributed by atoms with E-state index in [0.717, 1.165) is 5.56 Å². The molecule has 0 atom stereocenters. The fraction of sp³-hybridized carbons (Fsp3) is 0.125. The van der Waals surface area contributed by atoms with E-state index in [1.807, 2.05) is 0 Å². The molecule has 2 rings (SSSR count). The first-order valence-corrected chi connectivity index (χ1v) is 5.88. The molecule has 1 aliphatic heterocycles. The van der Waals surface area contributed by atoms with E-state index in [-0.39, 0.29) is 5.75 Å². The van der Waals surface area contributed by atoms with Crippen LogP contribution in [0.4, 0.5) is 11.4 Å². The van der Waals surface area contributed by atoms with Crippen molar-refractivity contribution in [2.75, 3.05) is 4.72 Å². The van der Waals surface area contributed by atoms with Gasteiger partial charge >= 0.3 is 0 Å². The minimum absolute atomic E-state index is 0.00310. The van der Waals surface area contributed by atoms with Crippen LogP contribution in [-0.4, -0.2) is 13.6 Å². The maximum atomic E-state index is 11.2. The molecule has 0 unspecified atom stereocenters. The second-order valence-corrected chi connectivity index (χ2v) is 4.81. The standard InChI is InChI=1S/C8H6N2O2S2/c11-14(12)4-6-3-7(9-5-13)1-2-8(6)10-14/h1-3,10H,4H2. The van der Waals surface area contributed by atoms with Gasteiger partial charge in [-0.15, -0.1) is 0 Å². The summed E-state index contributed by atoms with van der Waals surface area (Å²) < 4.78 is 24.8. The van der Waals surface area contributed by atoms with Crippen LogP contribution in [0.1, 0.15) is 5.56 Å². The monoisotopic (exact) mass is 226 g/mol. The van der Waals surface area contributed by atoms with Crippen molar-refractivity contribution >= 4 is 38.8 Å². The second-order valence-electron chi connectivity index (χ2n) is 2.91. The number of nitrogens with zero attached hydrogens (tertiary/aromatic N) is 1. The van der Waals surface area contributed by atoms with Gasteiger partial charge in [-0.1, -0.05) is 0 Å². The van der Waals surface area contributed by atoms with Crippen LogP contribution in [0.15, 0.2) is 23.2 Å². The van der Waals surface area contributed by atoms with Gasteiger partial charge in [-0.25, -0.2) is 8.42 Å². The highest BCUT2D eigenvalue weighted by molar-refractivity contribution is 7.92. The second kappa shape index (κ2) is 3.16. The molecule has 4 nitrogen and oxygen atoms in total. The molecule has 0 aliphatic carbocycles. The SMILES string of the molecule is O=S1(=O)Cc2cc(N=C=S)ccc2N1. The zero-order chi connectivity index (χ0) is 10.2. The molecule has 0 radical (unpaired) electrons. The maximum absolute atomic E-state index is 11.2. The topological polar surface area (TPSA) is 58.5 Å². The van der Waals surface area contributed by atoms with Gasteiger partial charge in [0.15, 0.2) is 0 Å². The number of isothiocyanates is 1. The molecule has 72 valence electrons. The molecule has 0 saturated heterocycles. The van der Waals surface area contributed by atoms with Gasteiger partial charge in [0.2, 0.25) is 10.0 Å². The van der Waals surface area contributed by atoms with Crippen molar-refractivity contribution in [1.29, 1.82) is 0 Å². The summed E-state index contributed by atoms with van der Waals surface area (Å²) in [5.74, 6) is 0.00310. The molecule has 0 spiro atoms. The number of hydrogen-bond donors (Lipinski definition) is 1. The minimum Gasteiger partial charge on any atom is -0.283 e. The number of thiocarbonyl (C=S) groups is 1. The van der Waals surface area contributed by atoms with E-state index in [1.54, 1.807) is 18.2 Å². The Balaban J connectivity index is 2.50. The minimum atomic E-state index is -3.18. The van der Waals surface area contributed by atoms with Gasteiger partial charge in [0.25, 0.3) is 0 Å². The fourth-order valence-corrected chi connectivity index (χ4v) is 2.69. The molecule has 0 aromatic heterocycles. The average Bonchev–Trinajstić information content (AvgIpc) is 2.38. The molecule has 0 saturated carbocycles. The van der Waals surface area contributed by atoms with E-state index in [9.17, 15) is 8.42 Å². The van der Waals surface area contributed by atoms with Gasteiger partial charge in [-0.05, 0) is 36.0 Å². The van der Waals surface area contributed by atoms with Gasteiger partial charge in [-0.2, -0.15) is 4.99 Å². The van der Waals surface area contributed by atoms with E-state index in [4.69, 9.17) is 0 Å². The first-order valence-electron chi connectivity index (χ1n) is 3.82. The molecule has 0 bridgehead atoms. The Morgan fingerprint density at radius 1 is 1.50 bits per heavy atom. The summed E-state index contributed by atoms with van der Waals surface area (Å²) in [5.41, 5.74) is 1.96. The number of benzene rings is 1. The summed E-state index contributed by atoms with van der Waals surface area (Å²) in [7, 11) is -3.18. The number of aliphatic imine (C=N–C) groups is 1. The summed E-state index contributed by atoms with van der Waals surface area (Å²) in [6, 6.07) is 5.05. The number of sulfonamides is 1. The smallest absolute Gasteiger partial charge is 0.237 e. The van der Waals surface area contributed by atoms with E-state index in [0.29, 0.717) is 11.4 Å². The third-order valence-electron chi connectivity index (χ3n) is 1.87. The Kier molecular flexibility index (Phi) is 2.11. The van der Waals surface area contributed by atoms with Crippen LogP contribution < -0.4 is 4.72 Å². The normalized spacial score (nSPS) is 16.6. The molecule has 1 aliphatic rings. The lowest BCUT2D eigenvalue weighted by atomic mass is 10.2. The first kappa shape index (κ1) is 9.33. The molecule has 14 heavy (non-hydrogen) atoms. The van der Waals surface area contributed by atoms with Crippen molar-refractivity contribution in [2.45, 2.75) is 5.75 Å². The van der Waals surface area contributed by atoms with Gasteiger partial charge in [0, 0.05) is 0 Å². The van der Waals surface area contributed by atoms with Gasteiger partial charge in [0.05, 0.1) is 22.3 Å². The van der Waals surface area contributed by atoms with Crippen LogP contribution in [-0.2, 0) is 15.8 Å². The number of nitrogens with one attached hydrogen (secondary N) is 1. The molecule has 6 heteroatoms. The Hall–Kier alpha value is -1.23. The molecular weight excluding hydrogens is 220 g/mol. The maximum Gasteiger partial charge on any atom is 0.237 e. The van der Waals surface area contributed by atoms with Gasteiger partial charge < -0.3 is 0 Å². The van der Waals surface area contributed by atoms with Crippen molar-refractivity contribution in [3.05, 3.63) is 23.8 Å². The summed E-state index contributed by atoms with van der Waals surface area (Å²) in [4.78, 5) is 3.77. The van der Waals surface area contributed by atoms with Crippen LogP contribution in [0.2, 0.25) is 0 Å². The van der Waals surface area contributed by atoms with Crippen LogP contribution >= 0.6 is 12.2 Å². The van der Waals surface area contributed by atoms with Crippen molar-refractivity contribution < 1.29 is 8.42 Å². The number of rotatable bonds is 1. The highest BCUT2D eigenvalue weighted by atomic mass is 32.2. The molecule has 1 N–H and O–H groups in total. The van der Waals surface area contributed by atoms with Crippen LogP contribution in [0, 0.1) is 0 Å². The van der Waals surface area contributed by atoms with Crippen LogP contribution in [0.5, 0.6) is 0 Å². The lowest BCUT2D eigenvalue weighted by Gasteiger charge is -1.96. The van der Waals surface area contributed by atoms with E-state index >= 15 is 0 Å². The summed E-state index contributed by atoms with van der Waals surface area (Å²) in [6.45, 7) is 0. The highest BCUT2D eigenvalue weighted by Crippen LogP contribution is 2.30. The fourth-order valence-electron chi connectivity index (χ4n) is 1.33. The largest absolute Gasteiger partial charge is 0.283 e. The van der Waals surface area contributed by atoms with Crippen molar-refractivity contribution in [2.24, 2.45) is 4.99 Å². The van der Waals surface area contributed by atoms with Gasteiger partial charge in [-0.3, -0.25) is 4.72 Å². The zero-order valence-corrected chi connectivity index (χ0v) is 8.65. The summed E-state index contributed by atoms with van der Waals surface area (Å²) >= 11 is 4.46. The zero-order valence-electron chi connectivity index (χ0n) is 7.02. The number of anilines is 1. The Labute approximate surface area is 86.7 Å². The molecule has 1 aromatic carbocycles. The number of fused-ring (bicyclic) bond motifs is 1. The summed E-state index contributed by atoms with van der Waals surface area (Å²) in [6.07, 6.45) is 0. The van der Waals surface area contributed by atoms with E-state index < -0.39 is 10.0 Å². The molecule has 1 heterocycles. The average molecular weight is 226 g/mol. The molecular formula is C8H6N2O2S2. The lowest BCUT2D eigenvalue weighted by Crippen LogP contribution is -2.05. The van der Waals surface area contributed by atoms with Crippen molar-refractivity contribution in [1.82, 2.24) is 0 Å². The Morgan fingerprint density at radius 2 is 2.29 bits per heavy atom. The third kappa shape index (κ3) is 1.68. The molecule has 0 amide bonds. The highest BCUT2D eigenvalue weighted by Gasteiger charge is 2.23. The first-order chi connectivity index (χ1) is 6.61. The van der Waals surface area contributed by atoms with E-state index in [2.05, 4.69) is 27.1 Å². The number of hydrogen-bond acceptors (Lipinski definition) is 4. The van der Waals surface area contributed by atoms with Crippen LogP contribution in [0.25, 0.3) is 0 Å². The molecule has 0 fully saturated rings. The van der Waals surface area contributed by atoms with Crippen molar-refractivity contribution in [3.8, 4) is 0 Å². The Bertz CT molecular complexity index is 530. The van der Waals surface area contributed by atoms with E-state index in [1.165, 1.54) is 0 Å². The quantitative estimate of drug-likeness (QED) is 0.585. The van der Waals surface area contributed by atoms with Crippen molar-refractivity contribution in [3.63, 3.8) is 0 Å². The van der Waals surface area contributed by atoms with Crippen LogP contribution in [0.3, 0.4) is 0 Å². The van der Waals surface area contributed by atoms with Gasteiger partial charge in [0.1, 0.15) is 0 Å². The lowest BCUT2D eigenvalue weighted by molar-refractivity contribution is 0.602. The molecule has 1 aromatic rings. The Morgan fingerprint density at radius 3 is 3.00 bits per heavy atom. The third-order valence-corrected chi connectivity index (χ3v) is 3.19. The predicted octanol–water partition coefficient (Wildman–Crippen LogP) is 1.68.